The standard InChI is InChI=1S/C33H48O3/c1-25(2)23-28-16-14-27(15-17-28)11-7-6-8-12-31(34)13-9-10-22-33(5,32(35)36)30-20-18-29(19-21-30)24-26(3)4/h14-21,25-26H,6-13,22-24H2,1-5H3,(H,35,36). The summed E-state index contributed by atoms with van der Waals surface area (Å²) in [6.07, 6.45) is 9.58. The molecule has 36 heavy (non-hydrogen) atoms. The Labute approximate surface area is 219 Å². The lowest BCUT2D eigenvalue weighted by Gasteiger charge is -2.25. The number of ketones is 1. The molecule has 0 saturated heterocycles. The van der Waals surface area contributed by atoms with E-state index in [2.05, 4.69) is 64.1 Å². The zero-order valence-corrected chi connectivity index (χ0v) is 23.3. The molecule has 1 atom stereocenters. The first-order chi connectivity index (χ1) is 17.1. The van der Waals surface area contributed by atoms with Crippen LogP contribution in [0, 0.1) is 11.8 Å². The Morgan fingerprint density at radius 2 is 1.17 bits per heavy atom. The van der Waals surface area contributed by atoms with E-state index in [1.807, 2.05) is 19.1 Å². The fourth-order valence-electron chi connectivity index (χ4n) is 4.92. The third-order valence-corrected chi connectivity index (χ3v) is 7.18. The molecule has 3 nitrogen and oxygen atoms in total. The number of carbonyl (C=O) groups is 2. The summed E-state index contributed by atoms with van der Waals surface area (Å²) >= 11 is 0. The fraction of sp³-hybridized carbons (Fsp3) is 0.576. The normalized spacial score (nSPS) is 13.2. The molecular formula is C33H48O3. The first-order valence-electron chi connectivity index (χ1n) is 14.0. The summed E-state index contributed by atoms with van der Waals surface area (Å²) in [4.78, 5) is 24.4. The summed E-state index contributed by atoms with van der Waals surface area (Å²) in [7, 11) is 0. The predicted octanol–water partition coefficient (Wildman–Crippen LogP) is 8.36. The van der Waals surface area contributed by atoms with Crippen molar-refractivity contribution in [1.82, 2.24) is 0 Å². The van der Waals surface area contributed by atoms with Gasteiger partial charge >= 0.3 is 5.97 Å². The summed E-state index contributed by atoms with van der Waals surface area (Å²) in [6.45, 7) is 10.7. The van der Waals surface area contributed by atoms with Gasteiger partial charge in [0.25, 0.3) is 0 Å². The van der Waals surface area contributed by atoms with Crippen LogP contribution in [0.2, 0.25) is 0 Å². The average molecular weight is 493 g/mol. The van der Waals surface area contributed by atoms with Crippen molar-refractivity contribution >= 4 is 11.8 Å². The van der Waals surface area contributed by atoms with Crippen molar-refractivity contribution in [2.45, 2.75) is 111 Å². The number of hydrogen-bond acceptors (Lipinski definition) is 2. The molecule has 0 spiro atoms. The van der Waals surface area contributed by atoms with Crippen molar-refractivity contribution in [2.24, 2.45) is 11.8 Å². The molecule has 0 radical (unpaired) electrons. The van der Waals surface area contributed by atoms with Crippen molar-refractivity contribution in [3.05, 3.63) is 70.8 Å². The Bertz CT molecular complexity index is 924. The van der Waals surface area contributed by atoms with Crippen molar-refractivity contribution in [3.63, 3.8) is 0 Å². The van der Waals surface area contributed by atoms with Crippen LogP contribution in [0.4, 0.5) is 0 Å². The van der Waals surface area contributed by atoms with Gasteiger partial charge in [0.1, 0.15) is 5.78 Å². The molecule has 0 aromatic heterocycles. The number of Topliss-reactive ketones (excluding diaryl/α,β-unsaturated/α-hetero) is 1. The molecule has 1 unspecified atom stereocenters. The van der Waals surface area contributed by atoms with Crippen LogP contribution in [0.3, 0.4) is 0 Å². The van der Waals surface area contributed by atoms with Gasteiger partial charge in [-0.2, -0.15) is 0 Å². The SMILES string of the molecule is CC(C)Cc1ccc(CCCCCC(=O)CCCCC(C)(C(=O)O)c2ccc(CC(C)C)cc2)cc1. The molecule has 2 aromatic carbocycles. The molecular weight excluding hydrogens is 444 g/mol. The van der Waals surface area contributed by atoms with Crippen molar-refractivity contribution in [3.8, 4) is 0 Å². The number of benzene rings is 2. The number of unbranched alkanes of at least 4 members (excludes halogenated alkanes) is 3. The molecule has 2 rings (SSSR count). The van der Waals surface area contributed by atoms with Gasteiger partial charge in [0.2, 0.25) is 0 Å². The third kappa shape index (κ3) is 10.3. The van der Waals surface area contributed by atoms with Crippen LogP contribution in [0.5, 0.6) is 0 Å². The van der Waals surface area contributed by atoms with E-state index in [1.54, 1.807) is 0 Å². The molecule has 0 aliphatic carbocycles. The van der Waals surface area contributed by atoms with E-state index < -0.39 is 11.4 Å². The Morgan fingerprint density at radius 3 is 1.67 bits per heavy atom. The Morgan fingerprint density at radius 1 is 0.694 bits per heavy atom. The molecule has 0 heterocycles. The van der Waals surface area contributed by atoms with E-state index in [1.165, 1.54) is 16.7 Å². The van der Waals surface area contributed by atoms with E-state index in [9.17, 15) is 14.7 Å². The fourth-order valence-corrected chi connectivity index (χ4v) is 4.92. The molecule has 0 amide bonds. The lowest BCUT2D eigenvalue weighted by Crippen LogP contribution is -2.32. The van der Waals surface area contributed by atoms with Gasteiger partial charge in [-0.05, 0) is 86.0 Å². The maximum atomic E-state index is 12.3. The second kappa shape index (κ2) is 15.0. The van der Waals surface area contributed by atoms with Crippen LogP contribution in [0.25, 0.3) is 0 Å². The van der Waals surface area contributed by atoms with E-state index in [0.29, 0.717) is 36.9 Å². The smallest absolute Gasteiger partial charge is 0.313 e. The molecule has 1 N–H and O–H groups in total. The van der Waals surface area contributed by atoms with Crippen molar-refractivity contribution < 1.29 is 14.7 Å². The Balaban J connectivity index is 1.66. The van der Waals surface area contributed by atoms with Gasteiger partial charge in [0.15, 0.2) is 0 Å². The summed E-state index contributed by atoms with van der Waals surface area (Å²) in [5, 5.41) is 9.94. The molecule has 2 aromatic rings. The monoisotopic (exact) mass is 492 g/mol. The highest BCUT2D eigenvalue weighted by Gasteiger charge is 2.34. The van der Waals surface area contributed by atoms with Gasteiger partial charge < -0.3 is 5.11 Å². The lowest BCUT2D eigenvalue weighted by molar-refractivity contribution is -0.143. The first kappa shape index (κ1) is 29.8. The first-order valence-corrected chi connectivity index (χ1v) is 14.0. The van der Waals surface area contributed by atoms with E-state index in [0.717, 1.165) is 56.9 Å². The highest BCUT2D eigenvalue weighted by Crippen LogP contribution is 2.31. The summed E-state index contributed by atoms with van der Waals surface area (Å²) < 4.78 is 0. The largest absolute Gasteiger partial charge is 0.481 e. The topological polar surface area (TPSA) is 54.4 Å². The predicted molar refractivity (Wildman–Crippen MR) is 151 cm³/mol. The van der Waals surface area contributed by atoms with E-state index >= 15 is 0 Å². The van der Waals surface area contributed by atoms with Crippen LogP contribution in [-0.4, -0.2) is 16.9 Å². The van der Waals surface area contributed by atoms with Gasteiger partial charge in [-0.15, -0.1) is 0 Å². The Hall–Kier alpha value is -2.42. The van der Waals surface area contributed by atoms with Crippen LogP contribution in [-0.2, 0) is 34.3 Å². The molecule has 0 fully saturated rings. The molecule has 198 valence electrons. The van der Waals surface area contributed by atoms with Crippen LogP contribution in [0.1, 0.15) is 108 Å². The van der Waals surface area contributed by atoms with Gasteiger partial charge in [-0.25, -0.2) is 0 Å². The highest BCUT2D eigenvalue weighted by atomic mass is 16.4. The van der Waals surface area contributed by atoms with Gasteiger partial charge in [-0.3, -0.25) is 9.59 Å². The van der Waals surface area contributed by atoms with Gasteiger partial charge in [-0.1, -0.05) is 89.1 Å². The quantitative estimate of drug-likeness (QED) is 0.226. The number of aliphatic carboxylic acids is 1. The maximum Gasteiger partial charge on any atom is 0.313 e. The highest BCUT2D eigenvalue weighted by molar-refractivity contribution is 5.81. The van der Waals surface area contributed by atoms with Crippen LogP contribution >= 0.6 is 0 Å². The van der Waals surface area contributed by atoms with E-state index in [4.69, 9.17) is 0 Å². The minimum absolute atomic E-state index is 0.308. The van der Waals surface area contributed by atoms with Gasteiger partial charge in [0, 0.05) is 12.8 Å². The number of aryl methyl sites for hydroxylation is 1. The number of rotatable bonds is 17. The minimum Gasteiger partial charge on any atom is -0.481 e. The summed E-state index contributed by atoms with van der Waals surface area (Å²) in [6, 6.07) is 17.0. The molecule has 0 aliphatic heterocycles. The van der Waals surface area contributed by atoms with Crippen LogP contribution in [0.15, 0.2) is 48.5 Å². The second-order valence-electron chi connectivity index (χ2n) is 11.7. The number of carboxylic acid groups (broad SMARTS) is 1. The lowest BCUT2D eigenvalue weighted by atomic mass is 9.77. The number of carbonyl (C=O) groups excluding carboxylic acids is 1. The van der Waals surface area contributed by atoms with Crippen LogP contribution < -0.4 is 0 Å². The van der Waals surface area contributed by atoms with Gasteiger partial charge in [0.05, 0.1) is 5.41 Å². The molecule has 0 saturated carbocycles. The zero-order valence-electron chi connectivity index (χ0n) is 23.3. The second-order valence-corrected chi connectivity index (χ2v) is 11.7. The summed E-state index contributed by atoms with van der Waals surface area (Å²) in [5.74, 6) is 0.774. The molecule has 3 heteroatoms. The minimum atomic E-state index is -0.910. The Kier molecular flexibility index (Phi) is 12.4. The third-order valence-electron chi connectivity index (χ3n) is 7.18. The molecule has 0 bridgehead atoms. The summed E-state index contributed by atoms with van der Waals surface area (Å²) in [5.41, 5.74) is 3.97. The molecule has 0 aliphatic rings. The maximum absolute atomic E-state index is 12.3. The number of carboxylic acids is 1. The average Bonchev–Trinajstić information content (AvgIpc) is 2.82. The van der Waals surface area contributed by atoms with E-state index in [-0.39, 0.29) is 0 Å². The van der Waals surface area contributed by atoms with Crippen molar-refractivity contribution in [1.29, 1.82) is 0 Å². The van der Waals surface area contributed by atoms with Crippen molar-refractivity contribution in [2.75, 3.05) is 0 Å². The zero-order chi connectivity index (χ0) is 26.6. The number of hydrogen-bond donors (Lipinski definition) is 1.